The van der Waals surface area contributed by atoms with Crippen molar-refractivity contribution in [1.29, 1.82) is 0 Å². The maximum atomic E-state index is 11.8. The fourth-order valence-corrected chi connectivity index (χ4v) is 1.58. The zero-order valence-electron chi connectivity index (χ0n) is 12.3. The van der Waals surface area contributed by atoms with E-state index in [-0.39, 0.29) is 30.3 Å². The van der Waals surface area contributed by atoms with Crippen LogP contribution in [-0.2, 0) is 4.84 Å². The van der Waals surface area contributed by atoms with Gasteiger partial charge in [0.25, 0.3) is 5.91 Å². The summed E-state index contributed by atoms with van der Waals surface area (Å²) in [5.74, 6) is 0.785. The van der Waals surface area contributed by atoms with Crippen LogP contribution in [0.4, 0.5) is 0 Å². The third-order valence-corrected chi connectivity index (χ3v) is 2.70. The molecule has 1 aliphatic rings. The molecule has 6 heteroatoms. The van der Waals surface area contributed by atoms with Gasteiger partial charge in [-0.3, -0.25) is 4.79 Å². The number of benzene rings is 1. The largest absolute Gasteiger partial charge is 0.508 e. The van der Waals surface area contributed by atoms with Crippen molar-refractivity contribution in [3.63, 3.8) is 0 Å². The summed E-state index contributed by atoms with van der Waals surface area (Å²) in [4.78, 5) is 21.4. The Balaban J connectivity index is 0.00000106. The van der Waals surface area contributed by atoms with E-state index in [4.69, 9.17) is 9.94 Å². The second-order valence-corrected chi connectivity index (χ2v) is 4.66. The van der Waals surface area contributed by atoms with E-state index in [0.29, 0.717) is 11.4 Å². The Morgan fingerprint density at radius 2 is 2.05 bits per heavy atom. The molecule has 0 saturated carbocycles. The molecule has 1 aromatic rings. The number of rotatable bonds is 4. The third kappa shape index (κ3) is 4.92. The van der Waals surface area contributed by atoms with Gasteiger partial charge in [-0.1, -0.05) is 13.8 Å². The quantitative estimate of drug-likeness (QED) is 0.739. The number of nitrogens with zero attached hydrogens (tertiary/aromatic N) is 1. The normalized spacial score (nSPS) is 16.5. The minimum Gasteiger partial charge on any atom is -0.508 e. The summed E-state index contributed by atoms with van der Waals surface area (Å²) in [5.41, 5.74) is 3.18. The van der Waals surface area contributed by atoms with Gasteiger partial charge in [0, 0.05) is 11.5 Å². The monoisotopic (exact) mass is 291 g/mol. The van der Waals surface area contributed by atoms with E-state index < -0.39 is 0 Å². The molecule has 3 N–H and O–H groups in total. The highest BCUT2D eigenvalue weighted by Gasteiger charge is 2.21. The summed E-state index contributed by atoms with van der Waals surface area (Å²) in [5, 5.41) is 11.9. The molecule has 0 radical (unpaired) electrons. The average molecular weight is 291 g/mol. The van der Waals surface area contributed by atoms with Gasteiger partial charge in [-0.15, -0.1) is 13.2 Å². The Bertz CT molecular complexity index is 497. The first-order valence-electron chi connectivity index (χ1n) is 6.62. The van der Waals surface area contributed by atoms with E-state index in [0.717, 1.165) is 0 Å². The number of hydrogen-bond acceptors (Lipinski definition) is 5. The van der Waals surface area contributed by atoms with Crippen LogP contribution >= 0.6 is 0 Å². The van der Waals surface area contributed by atoms with Crippen LogP contribution in [0.2, 0.25) is 0 Å². The minimum absolute atomic E-state index is 0.131. The molecular formula is C15H21N3O3. The second kappa shape index (κ2) is 8.06. The van der Waals surface area contributed by atoms with Crippen LogP contribution in [0.15, 0.2) is 42.4 Å². The molecule has 0 aliphatic carbocycles. The van der Waals surface area contributed by atoms with E-state index in [1.165, 1.54) is 12.1 Å². The molecule has 21 heavy (non-hydrogen) atoms. The van der Waals surface area contributed by atoms with Crippen molar-refractivity contribution in [2.45, 2.75) is 20.1 Å². The minimum atomic E-state index is -0.225. The van der Waals surface area contributed by atoms with Crippen molar-refractivity contribution < 1.29 is 14.7 Å². The van der Waals surface area contributed by atoms with Crippen LogP contribution < -0.4 is 10.8 Å². The number of amides is 1. The SMILES string of the molecule is C=C.CC(C)C1N=C(CNC(=O)c2ccc(O)cc2)NO1. The molecule has 1 amide bonds. The first-order valence-corrected chi connectivity index (χ1v) is 6.62. The lowest BCUT2D eigenvalue weighted by Crippen LogP contribution is -2.34. The van der Waals surface area contributed by atoms with Crippen molar-refractivity contribution >= 4 is 11.7 Å². The molecule has 0 saturated heterocycles. The highest BCUT2D eigenvalue weighted by Crippen LogP contribution is 2.11. The number of phenols is 1. The number of phenolic OH excluding ortho intramolecular Hbond substituents is 1. The second-order valence-electron chi connectivity index (χ2n) is 4.66. The Kier molecular flexibility index (Phi) is 6.42. The zero-order valence-corrected chi connectivity index (χ0v) is 12.3. The summed E-state index contributed by atoms with van der Waals surface area (Å²) in [7, 11) is 0. The van der Waals surface area contributed by atoms with Crippen molar-refractivity contribution in [1.82, 2.24) is 10.8 Å². The van der Waals surface area contributed by atoms with Crippen LogP contribution in [0.1, 0.15) is 24.2 Å². The number of carbonyl (C=O) groups is 1. The fraction of sp³-hybridized carbons (Fsp3) is 0.333. The Hall–Kier alpha value is -2.34. The molecule has 0 aromatic heterocycles. The number of hydrogen-bond donors (Lipinski definition) is 3. The number of hydroxylamine groups is 1. The molecule has 0 bridgehead atoms. The fourth-order valence-electron chi connectivity index (χ4n) is 1.58. The van der Waals surface area contributed by atoms with Gasteiger partial charge >= 0.3 is 0 Å². The number of carbonyl (C=O) groups excluding carboxylic acids is 1. The first kappa shape index (κ1) is 16.7. The standard InChI is InChI=1S/C13H17N3O3.C2H4/c1-8(2)13-15-11(16-19-13)7-14-12(18)9-3-5-10(17)6-4-9;1-2/h3-6,8,13,17H,7H2,1-2H3,(H,14,18)(H,15,16);1-2H2. The lowest BCUT2D eigenvalue weighted by Gasteiger charge is -2.07. The van der Waals surface area contributed by atoms with Crippen LogP contribution in [-0.4, -0.2) is 29.6 Å². The summed E-state index contributed by atoms with van der Waals surface area (Å²) in [6, 6.07) is 6.06. The van der Waals surface area contributed by atoms with Gasteiger partial charge in [-0.05, 0) is 24.3 Å². The molecule has 1 heterocycles. The van der Waals surface area contributed by atoms with Gasteiger partial charge in [-0.25, -0.2) is 15.3 Å². The molecule has 0 spiro atoms. The number of nitrogens with one attached hydrogen (secondary N) is 2. The Morgan fingerprint density at radius 3 is 2.57 bits per heavy atom. The smallest absolute Gasteiger partial charge is 0.251 e. The predicted octanol–water partition coefficient (Wildman–Crippen LogP) is 1.84. The number of aromatic hydroxyl groups is 1. The molecule has 1 aromatic carbocycles. The topological polar surface area (TPSA) is 83.0 Å². The average Bonchev–Trinajstić information content (AvgIpc) is 2.97. The molecule has 114 valence electrons. The van der Waals surface area contributed by atoms with Crippen molar-refractivity contribution in [2.24, 2.45) is 10.9 Å². The predicted molar refractivity (Wildman–Crippen MR) is 82.0 cm³/mol. The van der Waals surface area contributed by atoms with Gasteiger partial charge in [0.1, 0.15) is 11.6 Å². The number of aliphatic imine (C=N–C) groups is 1. The molecule has 1 unspecified atom stereocenters. The number of amidine groups is 1. The molecule has 1 atom stereocenters. The van der Waals surface area contributed by atoms with Crippen LogP contribution in [0.5, 0.6) is 5.75 Å². The van der Waals surface area contributed by atoms with Crippen molar-refractivity contribution in [2.75, 3.05) is 6.54 Å². The molecular weight excluding hydrogens is 270 g/mol. The lowest BCUT2D eigenvalue weighted by atomic mass is 10.2. The summed E-state index contributed by atoms with van der Waals surface area (Å²) < 4.78 is 0. The van der Waals surface area contributed by atoms with Gasteiger partial charge in [-0.2, -0.15) is 0 Å². The van der Waals surface area contributed by atoms with Gasteiger partial charge in [0.15, 0.2) is 6.23 Å². The lowest BCUT2D eigenvalue weighted by molar-refractivity contribution is 0.0103. The summed E-state index contributed by atoms with van der Waals surface area (Å²) in [6.07, 6.45) is -0.208. The van der Waals surface area contributed by atoms with Crippen LogP contribution in [0.25, 0.3) is 0 Å². The van der Waals surface area contributed by atoms with E-state index >= 15 is 0 Å². The molecule has 2 rings (SSSR count). The zero-order chi connectivity index (χ0) is 15.8. The highest BCUT2D eigenvalue weighted by molar-refractivity contribution is 5.97. The molecule has 6 nitrogen and oxygen atoms in total. The van der Waals surface area contributed by atoms with Crippen LogP contribution in [0, 0.1) is 5.92 Å². The molecule has 1 aliphatic heterocycles. The maximum Gasteiger partial charge on any atom is 0.251 e. The summed E-state index contributed by atoms with van der Waals surface area (Å²) in [6.45, 7) is 10.3. The van der Waals surface area contributed by atoms with E-state index in [1.807, 2.05) is 13.8 Å². The van der Waals surface area contributed by atoms with E-state index in [2.05, 4.69) is 28.9 Å². The summed E-state index contributed by atoms with van der Waals surface area (Å²) >= 11 is 0. The highest BCUT2D eigenvalue weighted by atomic mass is 16.7. The Labute approximate surface area is 124 Å². The Morgan fingerprint density at radius 1 is 1.43 bits per heavy atom. The van der Waals surface area contributed by atoms with Crippen molar-refractivity contribution in [3.05, 3.63) is 43.0 Å². The van der Waals surface area contributed by atoms with Gasteiger partial charge in [0.2, 0.25) is 0 Å². The maximum absolute atomic E-state index is 11.8. The van der Waals surface area contributed by atoms with E-state index in [9.17, 15) is 4.79 Å². The first-order chi connectivity index (χ1) is 10.1. The van der Waals surface area contributed by atoms with Crippen LogP contribution in [0.3, 0.4) is 0 Å². The molecule has 0 fully saturated rings. The van der Waals surface area contributed by atoms with Gasteiger partial charge < -0.3 is 10.4 Å². The third-order valence-electron chi connectivity index (χ3n) is 2.70. The van der Waals surface area contributed by atoms with Gasteiger partial charge in [0.05, 0.1) is 6.54 Å². The van der Waals surface area contributed by atoms with Crippen molar-refractivity contribution in [3.8, 4) is 5.75 Å². The van der Waals surface area contributed by atoms with E-state index in [1.54, 1.807) is 12.1 Å².